The van der Waals surface area contributed by atoms with Gasteiger partial charge >= 0.3 is 0 Å². The van der Waals surface area contributed by atoms with Crippen LogP contribution >= 0.6 is 0 Å². The number of nitrogens with two attached hydrogens (primary N) is 1. The Kier molecular flexibility index (Phi) is 10.4. The lowest BCUT2D eigenvalue weighted by atomic mass is 9.93. The molecule has 0 bridgehead atoms. The Morgan fingerprint density at radius 3 is 2.50 bits per heavy atom. The van der Waals surface area contributed by atoms with Crippen molar-refractivity contribution >= 4 is 0 Å². The Bertz CT molecular complexity index is 286. The van der Waals surface area contributed by atoms with E-state index in [0.29, 0.717) is 6.04 Å². The van der Waals surface area contributed by atoms with Crippen LogP contribution in [0.25, 0.3) is 0 Å². The summed E-state index contributed by atoms with van der Waals surface area (Å²) in [4.78, 5) is 0. The van der Waals surface area contributed by atoms with Crippen LogP contribution in [0.3, 0.4) is 0 Å². The van der Waals surface area contributed by atoms with Crippen LogP contribution in [0.5, 0.6) is 0 Å². The predicted molar refractivity (Wildman–Crippen MR) is 79.0 cm³/mol. The molecule has 0 aliphatic heterocycles. The van der Waals surface area contributed by atoms with Crippen LogP contribution in [0.1, 0.15) is 58.8 Å². The molecule has 18 heavy (non-hydrogen) atoms. The van der Waals surface area contributed by atoms with Crippen LogP contribution in [0.4, 0.5) is 0 Å². The molecule has 0 aromatic rings. The maximum absolute atomic E-state index is 9.11. The van der Waals surface area contributed by atoms with Crippen molar-refractivity contribution in [1.82, 2.24) is 0 Å². The largest absolute Gasteiger partial charge is 0.328 e. The minimum atomic E-state index is 0.0193. The summed E-state index contributed by atoms with van der Waals surface area (Å²) in [7, 11) is 0. The van der Waals surface area contributed by atoms with Gasteiger partial charge in [-0.15, -0.1) is 0 Å². The average Bonchev–Trinajstić information content (AvgIpc) is 2.35. The van der Waals surface area contributed by atoms with Crippen LogP contribution in [0.2, 0.25) is 0 Å². The van der Waals surface area contributed by atoms with Gasteiger partial charge in [-0.25, -0.2) is 0 Å². The first-order chi connectivity index (χ1) is 8.65. The van der Waals surface area contributed by atoms with Gasteiger partial charge in [0.05, 0.1) is 12.0 Å². The number of allylic oxidation sites excluding steroid dienone is 3. The van der Waals surface area contributed by atoms with Crippen molar-refractivity contribution in [2.24, 2.45) is 11.7 Å². The van der Waals surface area contributed by atoms with Gasteiger partial charge in [-0.05, 0) is 26.2 Å². The van der Waals surface area contributed by atoms with E-state index in [1.165, 1.54) is 19.3 Å². The zero-order valence-electron chi connectivity index (χ0n) is 12.0. The second-order valence-corrected chi connectivity index (χ2v) is 5.01. The van der Waals surface area contributed by atoms with Crippen molar-refractivity contribution in [2.45, 2.75) is 64.8 Å². The number of rotatable bonds is 10. The minimum absolute atomic E-state index is 0.0193. The van der Waals surface area contributed by atoms with E-state index < -0.39 is 0 Å². The molecule has 2 heteroatoms. The van der Waals surface area contributed by atoms with Crippen molar-refractivity contribution in [1.29, 1.82) is 5.26 Å². The fraction of sp³-hybridized carbons (Fsp3) is 0.688. The maximum atomic E-state index is 9.11. The van der Waals surface area contributed by atoms with Crippen molar-refractivity contribution < 1.29 is 0 Å². The maximum Gasteiger partial charge on any atom is 0.0700 e. The molecule has 102 valence electrons. The highest BCUT2D eigenvalue weighted by Crippen LogP contribution is 2.18. The molecule has 0 rings (SSSR count). The first-order valence-corrected chi connectivity index (χ1v) is 7.10. The summed E-state index contributed by atoms with van der Waals surface area (Å²) in [6, 6.07) is 2.66. The van der Waals surface area contributed by atoms with E-state index in [9.17, 15) is 0 Å². The third kappa shape index (κ3) is 8.08. The summed E-state index contributed by atoms with van der Waals surface area (Å²) in [6.45, 7) is 7.86. The lowest BCUT2D eigenvalue weighted by molar-refractivity contribution is 0.490. The molecule has 0 spiro atoms. The summed E-state index contributed by atoms with van der Waals surface area (Å²) in [6.07, 6.45) is 11.5. The van der Waals surface area contributed by atoms with E-state index in [4.69, 9.17) is 11.0 Å². The zero-order chi connectivity index (χ0) is 13.8. The van der Waals surface area contributed by atoms with Gasteiger partial charge < -0.3 is 5.73 Å². The molecule has 0 aliphatic rings. The van der Waals surface area contributed by atoms with Gasteiger partial charge in [0.25, 0.3) is 0 Å². The second kappa shape index (κ2) is 11.0. The summed E-state index contributed by atoms with van der Waals surface area (Å²) < 4.78 is 0. The highest BCUT2D eigenvalue weighted by molar-refractivity contribution is 5.16. The third-order valence-electron chi connectivity index (χ3n) is 3.33. The molecule has 2 unspecified atom stereocenters. The summed E-state index contributed by atoms with van der Waals surface area (Å²) in [5.41, 5.74) is 7.17. The number of unbranched alkanes of at least 4 members (excludes halogenated alkanes) is 2. The van der Waals surface area contributed by atoms with Crippen molar-refractivity contribution in [3.05, 3.63) is 24.3 Å². The van der Waals surface area contributed by atoms with E-state index in [1.54, 1.807) is 6.08 Å². The van der Waals surface area contributed by atoms with Crippen molar-refractivity contribution in [3.8, 4) is 6.07 Å². The minimum Gasteiger partial charge on any atom is -0.328 e. The normalized spacial score (nSPS) is 14.9. The molecule has 0 saturated heterocycles. The van der Waals surface area contributed by atoms with E-state index in [-0.39, 0.29) is 5.92 Å². The molecule has 0 heterocycles. The molecule has 0 aromatic carbocycles. The van der Waals surface area contributed by atoms with Gasteiger partial charge in [0.2, 0.25) is 0 Å². The lowest BCUT2D eigenvalue weighted by Crippen LogP contribution is -2.19. The van der Waals surface area contributed by atoms with E-state index >= 15 is 0 Å². The highest BCUT2D eigenvalue weighted by atomic mass is 14.6. The van der Waals surface area contributed by atoms with Gasteiger partial charge in [0, 0.05) is 6.04 Å². The van der Waals surface area contributed by atoms with E-state index in [0.717, 1.165) is 31.3 Å². The third-order valence-corrected chi connectivity index (χ3v) is 3.33. The van der Waals surface area contributed by atoms with Crippen LogP contribution in [-0.4, -0.2) is 6.04 Å². The Morgan fingerprint density at radius 1 is 1.28 bits per heavy atom. The Morgan fingerprint density at radius 2 is 1.94 bits per heavy atom. The predicted octanol–water partition coefficient (Wildman–Crippen LogP) is 4.34. The second-order valence-electron chi connectivity index (χ2n) is 5.01. The van der Waals surface area contributed by atoms with Gasteiger partial charge in [-0.2, -0.15) is 5.26 Å². The molecule has 0 saturated carbocycles. The molecule has 2 N–H and O–H groups in total. The molecule has 0 aliphatic carbocycles. The molecule has 0 radical (unpaired) electrons. The smallest absolute Gasteiger partial charge is 0.0700 e. The van der Waals surface area contributed by atoms with Gasteiger partial charge in [-0.1, -0.05) is 56.9 Å². The highest BCUT2D eigenvalue weighted by Gasteiger charge is 2.10. The Balaban J connectivity index is 3.84. The molecule has 0 fully saturated rings. The Hall–Kier alpha value is -1.07. The van der Waals surface area contributed by atoms with Gasteiger partial charge in [0.15, 0.2) is 0 Å². The number of hydrogen-bond donors (Lipinski definition) is 1. The first kappa shape index (κ1) is 16.9. The SMILES string of the molecule is C=C/C=C(\C)C(C#N)CCCC(N)CCCCC. The van der Waals surface area contributed by atoms with Crippen molar-refractivity contribution in [3.63, 3.8) is 0 Å². The Labute approximate surface area is 113 Å². The average molecular weight is 248 g/mol. The molecule has 2 nitrogen and oxygen atoms in total. The number of hydrogen-bond acceptors (Lipinski definition) is 2. The first-order valence-electron chi connectivity index (χ1n) is 7.10. The monoisotopic (exact) mass is 248 g/mol. The van der Waals surface area contributed by atoms with Crippen LogP contribution in [0.15, 0.2) is 24.3 Å². The number of nitriles is 1. The van der Waals surface area contributed by atoms with Crippen LogP contribution in [-0.2, 0) is 0 Å². The summed E-state index contributed by atoms with van der Waals surface area (Å²) >= 11 is 0. The molecule has 2 atom stereocenters. The topological polar surface area (TPSA) is 49.8 Å². The van der Waals surface area contributed by atoms with Gasteiger partial charge in [-0.3, -0.25) is 0 Å². The van der Waals surface area contributed by atoms with Crippen LogP contribution < -0.4 is 5.73 Å². The summed E-state index contributed by atoms with van der Waals surface area (Å²) in [5, 5.41) is 9.11. The van der Waals surface area contributed by atoms with Crippen molar-refractivity contribution in [2.75, 3.05) is 0 Å². The molecular weight excluding hydrogens is 220 g/mol. The number of nitrogens with zero attached hydrogens (tertiary/aromatic N) is 1. The van der Waals surface area contributed by atoms with Crippen LogP contribution in [0, 0.1) is 17.2 Å². The van der Waals surface area contributed by atoms with E-state index in [1.807, 2.05) is 13.0 Å². The lowest BCUT2D eigenvalue weighted by Gasteiger charge is -2.13. The fourth-order valence-corrected chi connectivity index (χ4v) is 2.08. The fourth-order valence-electron chi connectivity index (χ4n) is 2.08. The quantitative estimate of drug-likeness (QED) is 0.462. The van der Waals surface area contributed by atoms with E-state index in [2.05, 4.69) is 19.6 Å². The molecule has 0 aromatic heterocycles. The zero-order valence-corrected chi connectivity index (χ0v) is 12.0. The van der Waals surface area contributed by atoms with Gasteiger partial charge in [0.1, 0.15) is 0 Å². The molecular formula is C16H28N2. The molecule has 0 amide bonds. The summed E-state index contributed by atoms with van der Waals surface area (Å²) in [5.74, 6) is 0.0193. The standard InChI is InChI=1S/C16H28N2/c1-4-6-7-11-16(18)12-8-10-15(13-17)14(3)9-5-2/h5,9,15-16H,2,4,6-8,10-12,18H2,1,3H3/b14-9+.